The van der Waals surface area contributed by atoms with Crippen LogP contribution in [0.2, 0.25) is 10.2 Å². The predicted octanol–water partition coefficient (Wildman–Crippen LogP) is 3.72. The molecule has 0 atom stereocenters. The molecule has 10 heteroatoms. The van der Waals surface area contributed by atoms with Gasteiger partial charge >= 0.3 is 5.69 Å². The summed E-state index contributed by atoms with van der Waals surface area (Å²) in [6.45, 7) is 0.0693. The number of hydrogen-bond acceptors (Lipinski definition) is 5. The summed E-state index contributed by atoms with van der Waals surface area (Å²) in [5, 5.41) is 0.114. The molecule has 0 aliphatic carbocycles. The molecule has 0 saturated heterocycles. The number of nitrogens with zero attached hydrogens (tertiary/aromatic N) is 3. The standard InChI is InChI=1S/C24H19Cl2N5O3/c25-17-11-12-18(26)28-19(17)23(33)30(13-15-7-3-1-4-8-15)20-21(27)31(24(34)29-22(20)32)14-16-9-5-2-6-10-16/h1-12H,13-14,27H2,(H,29,32,34). The maximum Gasteiger partial charge on any atom is 0.330 e. The highest BCUT2D eigenvalue weighted by Crippen LogP contribution is 2.25. The van der Waals surface area contributed by atoms with Crippen molar-refractivity contribution in [3.8, 4) is 0 Å². The van der Waals surface area contributed by atoms with Gasteiger partial charge in [0.25, 0.3) is 11.5 Å². The molecule has 4 rings (SSSR count). The number of carbonyl (C=O) groups excluding carboxylic acids is 1. The molecule has 34 heavy (non-hydrogen) atoms. The molecule has 0 radical (unpaired) electrons. The molecule has 0 spiro atoms. The van der Waals surface area contributed by atoms with Gasteiger partial charge in [0.15, 0.2) is 5.69 Å². The highest BCUT2D eigenvalue weighted by Gasteiger charge is 2.28. The largest absolute Gasteiger partial charge is 0.383 e. The van der Waals surface area contributed by atoms with Crippen molar-refractivity contribution in [3.63, 3.8) is 0 Å². The van der Waals surface area contributed by atoms with E-state index in [1.165, 1.54) is 16.7 Å². The Morgan fingerprint density at radius 3 is 2.21 bits per heavy atom. The number of anilines is 2. The lowest BCUT2D eigenvalue weighted by Crippen LogP contribution is -2.41. The number of rotatable bonds is 6. The van der Waals surface area contributed by atoms with Crippen LogP contribution in [0.1, 0.15) is 21.6 Å². The molecule has 2 aromatic carbocycles. The zero-order valence-electron chi connectivity index (χ0n) is 17.7. The first-order valence-corrected chi connectivity index (χ1v) is 10.9. The fourth-order valence-electron chi connectivity index (χ4n) is 3.48. The highest BCUT2D eigenvalue weighted by molar-refractivity contribution is 6.35. The minimum absolute atomic E-state index is 0.0268. The van der Waals surface area contributed by atoms with Crippen LogP contribution in [0, 0.1) is 0 Å². The van der Waals surface area contributed by atoms with Crippen LogP contribution in [-0.2, 0) is 13.1 Å². The van der Waals surface area contributed by atoms with Crippen molar-refractivity contribution < 1.29 is 4.79 Å². The number of pyridine rings is 1. The van der Waals surface area contributed by atoms with Gasteiger partial charge in [-0.2, -0.15) is 0 Å². The second kappa shape index (κ2) is 9.94. The SMILES string of the molecule is Nc1c(N(Cc2ccccc2)C(=O)c2nc(Cl)ccc2Cl)c(=O)[nH]c(=O)n1Cc1ccccc1. The molecule has 0 fully saturated rings. The third kappa shape index (κ3) is 4.88. The van der Waals surface area contributed by atoms with Gasteiger partial charge < -0.3 is 5.73 Å². The van der Waals surface area contributed by atoms with E-state index in [1.807, 2.05) is 36.4 Å². The maximum atomic E-state index is 13.6. The number of amides is 1. The first-order valence-electron chi connectivity index (χ1n) is 10.2. The van der Waals surface area contributed by atoms with E-state index in [0.717, 1.165) is 10.5 Å². The molecule has 4 aromatic rings. The van der Waals surface area contributed by atoms with Gasteiger partial charge in [0, 0.05) is 0 Å². The summed E-state index contributed by atoms with van der Waals surface area (Å²) in [5.74, 6) is -0.863. The van der Waals surface area contributed by atoms with E-state index in [0.29, 0.717) is 5.56 Å². The van der Waals surface area contributed by atoms with Crippen molar-refractivity contribution in [1.29, 1.82) is 0 Å². The molecular weight excluding hydrogens is 477 g/mol. The van der Waals surface area contributed by atoms with Crippen LogP contribution in [0.3, 0.4) is 0 Å². The van der Waals surface area contributed by atoms with Crippen LogP contribution in [-0.4, -0.2) is 20.4 Å². The topological polar surface area (TPSA) is 114 Å². The molecule has 1 amide bonds. The minimum Gasteiger partial charge on any atom is -0.383 e. The summed E-state index contributed by atoms with van der Waals surface area (Å²) >= 11 is 12.2. The lowest BCUT2D eigenvalue weighted by Gasteiger charge is -2.25. The van der Waals surface area contributed by atoms with Gasteiger partial charge in [-0.3, -0.25) is 24.0 Å². The average molecular weight is 496 g/mol. The highest BCUT2D eigenvalue weighted by atomic mass is 35.5. The number of halogens is 2. The summed E-state index contributed by atoms with van der Waals surface area (Å²) in [4.78, 5) is 46.6. The Kier molecular flexibility index (Phi) is 6.81. The van der Waals surface area contributed by atoms with Crippen molar-refractivity contribution in [3.05, 3.63) is 121 Å². The third-order valence-electron chi connectivity index (χ3n) is 5.11. The van der Waals surface area contributed by atoms with Gasteiger partial charge in [-0.1, -0.05) is 83.9 Å². The summed E-state index contributed by atoms with van der Waals surface area (Å²) < 4.78 is 1.20. The second-order valence-corrected chi connectivity index (χ2v) is 8.20. The zero-order chi connectivity index (χ0) is 24.2. The van der Waals surface area contributed by atoms with Crippen molar-refractivity contribution in [1.82, 2.24) is 14.5 Å². The average Bonchev–Trinajstić information content (AvgIpc) is 2.83. The number of nitrogens with one attached hydrogen (secondary N) is 1. The van der Waals surface area contributed by atoms with Crippen LogP contribution in [0.15, 0.2) is 82.4 Å². The Bertz CT molecular complexity index is 1450. The number of nitrogen functional groups attached to an aromatic ring is 1. The first-order chi connectivity index (χ1) is 16.3. The van der Waals surface area contributed by atoms with Crippen molar-refractivity contribution >= 4 is 40.6 Å². The number of aromatic nitrogens is 3. The Labute approximate surface area is 204 Å². The molecule has 2 aromatic heterocycles. The number of carbonyl (C=O) groups is 1. The Balaban J connectivity index is 1.88. The number of nitrogens with two attached hydrogens (primary N) is 1. The van der Waals surface area contributed by atoms with E-state index in [4.69, 9.17) is 28.9 Å². The van der Waals surface area contributed by atoms with Gasteiger partial charge in [0.05, 0.1) is 18.1 Å². The summed E-state index contributed by atoms with van der Waals surface area (Å²) in [6, 6.07) is 21.0. The Morgan fingerprint density at radius 1 is 0.941 bits per heavy atom. The van der Waals surface area contributed by atoms with Gasteiger partial charge in [-0.15, -0.1) is 0 Å². The molecule has 3 N–H and O–H groups in total. The van der Waals surface area contributed by atoms with Gasteiger partial charge in [-0.25, -0.2) is 9.78 Å². The molecule has 172 valence electrons. The molecule has 0 bridgehead atoms. The normalized spacial score (nSPS) is 10.8. The van der Waals surface area contributed by atoms with Crippen LogP contribution in [0.25, 0.3) is 0 Å². The molecule has 0 aliphatic heterocycles. The van der Waals surface area contributed by atoms with E-state index in [-0.39, 0.29) is 40.5 Å². The van der Waals surface area contributed by atoms with E-state index in [1.54, 1.807) is 24.3 Å². The molecule has 8 nitrogen and oxygen atoms in total. The summed E-state index contributed by atoms with van der Waals surface area (Å²) in [6.07, 6.45) is 0. The van der Waals surface area contributed by atoms with E-state index < -0.39 is 17.2 Å². The quantitative estimate of drug-likeness (QED) is 0.395. The molecule has 0 unspecified atom stereocenters. The molecular formula is C24H19Cl2N5O3. The first kappa shape index (κ1) is 23.3. The van der Waals surface area contributed by atoms with E-state index >= 15 is 0 Å². The van der Waals surface area contributed by atoms with E-state index in [2.05, 4.69) is 9.97 Å². The lowest BCUT2D eigenvalue weighted by atomic mass is 10.2. The molecule has 0 saturated carbocycles. The van der Waals surface area contributed by atoms with Gasteiger partial charge in [-0.05, 0) is 23.3 Å². The lowest BCUT2D eigenvalue weighted by molar-refractivity contribution is 0.0980. The fraction of sp³-hybridized carbons (Fsp3) is 0.0833. The van der Waals surface area contributed by atoms with Crippen molar-refractivity contribution in [2.75, 3.05) is 10.6 Å². The number of H-pyrrole nitrogens is 1. The van der Waals surface area contributed by atoms with Crippen LogP contribution >= 0.6 is 23.2 Å². The minimum atomic E-state index is -0.811. The van der Waals surface area contributed by atoms with E-state index in [9.17, 15) is 14.4 Å². The Hall–Kier alpha value is -3.88. The van der Waals surface area contributed by atoms with Crippen molar-refractivity contribution in [2.24, 2.45) is 0 Å². The van der Waals surface area contributed by atoms with Crippen LogP contribution < -0.4 is 21.9 Å². The number of benzene rings is 2. The maximum absolute atomic E-state index is 13.6. The molecule has 2 heterocycles. The smallest absolute Gasteiger partial charge is 0.330 e. The summed E-state index contributed by atoms with van der Waals surface area (Å²) in [7, 11) is 0. The predicted molar refractivity (Wildman–Crippen MR) is 132 cm³/mol. The molecule has 0 aliphatic rings. The Morgan fingerprint density at radius 2 is 1.56 bits per heavy atom. The number of hydrogen-bond donors (Lipinski definition) is 2. The zero-order valence-corrected chi connectivity index (χ0v) is 19.3. The van der Waals surface area contributed by atoms with Crippen LogP contribution in [0.4, 0.5) is 11.5 Å². The second-order valence-electron chi connectivity index (χ2n) is 7.41. The summed E-state index contributed by atoms with van der Waals surface area (Å²) in [5.41, 5.74) is 6.00. The monoisotopic (exact) mass is 495 g/mol. The third-order valence-corrected chi connectivity index (χ3v) is 5.63. The van der Waals surface area contributed by atoms with Crippen LogP contribution in [0.5, 0.6) is 0 Å². The number of aromatic amines is 1. The fourth-order valence-corrected chi connectivity index (χ4v) is 3.81. The van der Waals surface area contributed by atoms with Gasteiger partial charge in [0.2, 0.25) is 0 Å². The van der Waals surface area contributed by atoms with Gasteiger partial charge in [0.1, 0.15) is 16.7 Å². The van der Waals surface area contributed by atoms with Crippen molar-refractivity contribution in [2.45, 2.75) is 13.1 Å².